The molecule has 0 saturated carbocycles. The number of ether oxygens (including phenoxy) is 1. The summed E-state index contributed by atoms with van der Waals surface area (Å²) in [5.41, 5.74) is 1.34. The lowest BCUT2D eigenvalue weighted by Crippen LogP contribution is -2.12. The number of halogens is 3. The van der Waals surface area contributed by atoms with Crippen LogP contribution in [0.15, 0.2) is 54.7 Å². The molecule has 0 aliphatic rings. The predicted molar refractivity (Wildman–Crippen MR) is 116 cm³/mol. The predicted octanol–water partition coefficient (Wildman–Crippen LogP) is 6.89. The van der Waals surface area contributed by atoms with Crippen LogP contribution in [0.25, 0.3) is 0 Å². The van der Waals surface area contributed by atoms with Crippen LogP contribution >= 0.6 is 0 Å². The normalized spacial score (nSPS) is 12.3. The van der Waals surface area contributed by atoms with Gasteiger partial charge >= 0.3 is 6.18 Å². The van der Waals surface area contributed by atoms with Crippen molar-refractivity contribution >= 4 is 23.1 Å². The van der Waals surface area contributed by atoms with Crippen LogP contribution in [0.2, 0.25) is 0 Å². The molecule has 0 amide bonds. The van der Waals surface area contributed by atoms with Crippen molar-refractivity contribution in [2.45, 2.75) is 39.3 Å². The fourth-order valence-corrected chi connectivity index (χ4v) is 2.94. The van der Waals surface area contributed by atoms with Gasteiger partial charge in [-0.1, -0.05) is 26.0 Å². The van der Waals surface area contributed by atoms with Crippen molar-refractivity contribution in [3.63, 3.8) is 0 Å². The Morgan fingerprint density at radius 3 is 2.13 bits per heavy atom. The molecule has 3 rings (SSSR count). The van der Waals surface area contributed by atoms with Crippen LogP contribution in [0.1, 0.15) is 44.2 Å². The molecule has 0 aliphatic heterocycles. The Hall–Kier alpha value is -3.29. The van der Waals surface area contributed by atoms with Gasteiger partial charge < -0.3 is 15.4 Å². The monoisotopic (exact) mass is 430 g/mol. The number of hydrogen-bond acceptors (Lipinski definition) is 5. The first kappa shape index (κ1) is 22.4. The molecule has 31 heavy (non-hydrogen) atoms. The molecule has 1 atom stereocenters. The van der Waals surface area contributed by atoms with Crippen LogP contribution in [-0.4, -0.2) is 16.6 Å². The summed E-state index contributed by atoms with van der Waals surface area (Å²) in [6, 6.07) is 14.3. The number of hydrogen-bond donors (Lipinski definition) is 2. The van der Waals surface area contributed by atoms with Crippen LogP contribution in [0.3, 0.4) is 0 Å². The molecular formula is C23H25F3N4O. The minimum Gasteiger partial charge on any atom is -0.494 e. The second-order valence-corrected chi connectivity index (χ2v) is 7.09. The summed E-state index contributed by atoms with van der Waals surface area (Å²) in [7, 11) is 0. The zero-order valence-electron chi connectivity index (χ0n) is 17.6. The Kier molecular flexibility index (Phi) is 6.99. The average Bonchev–Trinajstić information content (AvgIpc) is 2.74. The Morgan fingerprint density at radius 2 is 1.55 bits per heavy atom. The molecule has 1 aromatic heterocycles. The van der Waals surface area contributed by atoms with E-state index in [1.807, 2.05) is 19.1 Å². The second-order valence-electron chi connectivity index (χ2n) is 7.09. The summed E-state index contributed by atoms with van der Waals surface area (Å²) in [5, 5.41) is 5.71. The molecule has 2 aromatic carbocycles. The standard InChI is InChI=1S/C23H25F3N4O/c1-4-15(3)16-6-8-17(9-7-16)28-21-20(23(24,25)26)14-27-22(30-21)29-18-10-12-19(13-11-18)31-5-2/h6-15H,4-5H2,1-3H3,(H2,27,28,29,30). The second kappa shape index (κ2) is 9.68. The van der Waals surface area contributed by atoms with Crippen LogP contribution < -0.4 is 15.4 Å². The van der Waals surface area contributed by atoms with E-state index in [0.717, 1.165) is 18.2 Å². The molecule has 0 fully saturated rings. The van der Waals surface area contributed by atoms with Gasteiger partial charge in [-0.15, -0.1) is 0 Å². The summed E-state index contributed by atoms with van der Waals surface area (Å²) in [5.74, 6) is 0.816. The number of benzene rings is 2. The largest absolute Gasteiger partial charge is 0.494 e. The quantitative estimate of drug-likeness (QED) is 0.407. The van der Waals surface area contributed by atoms with Gasteiger partial charge in [0.05, 0.1) is 6.61 Å². The fourth-order valence-electron chi connectivity index (χ4n) is 2.94. The molecule has 5 nitrogen and oxygen atoms in total. The van der Waals surface area contributed by atoms with Crippen molar-refractivity contribution in [1.29, 1.82) is 0 Å². The van der Waals surface area contributed by atoms with E-state index in [-0.39, 0.29) is 11.8 Å². The first-order chi connectivity index (χ1) is 14.8. The third-order valence-electron chi connectivity index (χ3n) is 4.87. The summed E-state index contributed by atoms with van der Waals surface area (Å²) in [6.07, 6.45) is -2.83. The summed E-state index contributed by atoms with van der Waals surface area (Å²) in [4.78, 5) is 7.91. The molecule has 164 valence electrons. The van der Waals surface area contributed by atoms with Crippen molar-refractivity contribution in [3.8, 4) is 5.75 Å². The van der Waals surface area contributed by atoms with Crippen LogP contribution in [-0.2, 0) is 6.18 Å². The van der Waals surface area contributed by atoms with Gasteiger partial charge in [0.25, 0.3) is 0 Å². The van der Waals surface area contributed by atoms with Crippen molar-refractivity contribution < 1.29 is 17.9 Å². The number of nitrogens with one attached hydrogen (secondary N) is 2. The van der Waals surface area contributed by atoms with Gasteiger partial charge in [0, 0.05) is 17.6 Å². The molecule has 0 bridgehead atoms. The van der Waals surface area contributed by atoms with Crippen molar-refractivity contribution in [2.75, 3.05) is 17.2 Å². The zero-order chi connectivity index (χ0) is 22.4. The van der Waals surface area contributed by atoms with Gasteiger partial charge in [0.1, 0.15) is 17.1 Å². The molecule has 0 spiro atoms. The minimum absolute atomic E-state index is 0.0517. The zero-order valence-corrected chi connectivity index (χ0v) is 17.6. The Labute approximate surface area is 179 Å². The molecule has 1 unspecified atom stereocenters. The molecule has 2 N–H and O–H groups in total. The van der Waals surface area contributed by atoms with Gasteiger partial charge in [-0.05, 0) is 61.2 Å². The highest BCUT2D eigenvalue weighted by atomic mass is 19.4. The lowest BCUT2D eigenvalue weighted by Gasteiger charge is -2.16. The van der Waals surface area contributed by atoms with Gasteiger partial charge in [0.15, 0.2) is 0 Å². The number of anilines is 4. The van der Waals surface area contributed by atoms with Crippen LogP contribution in [0, 0.1) is 0 Å². The highest BCUT2D eigenvalue weighted by Crippen LogP contribution is 2.35. The van der Waals surface area contributed by atoms with Crippen molar-refractivity contribution in [1.82, 2.24) is 9.97 Å². The summed E-state index contributed by atoms with van der Waals surface area (Å²) >= 11 is 0. The molecular weight excluding hydrogens is 405 g/mol. The van der Waals surface area contributed by atoms with Crippen LogP contribution in [0.4, 0.5) is 36.3 Å². The van der Waals surface area contributed by atoms with E-state index in [0.29, 0.717) is 29.6 Å². The molecule has 3 aromatic rings. The number of nitrogens with zero attached hydrogens (tertiary/aromatic N) is 2. The van der Waals surface area contributed by atoms with Crippen LogP contribution in [0.5, 0.6) is 5.75 Å². The highest BCUT2D eigenvalue weighted by molar-refractivity contribution is 5.63. The van der Waals surface area contributed by atoms with Crippen molar-refractivity contribution in [3.05, 3.63) is 65.9 Å². The van der Waals surface area contributed by atoms with Gasteiger partial charge in [0.2, 0.25) is 5.95 Å². The van der Waals surface area contributed by atoms with E-state index in [1.54, 1.807) is 36.4 Å². The first-order valence-corrected chi connectivity index (χ1v) is 10.1. The van der Waals surface area contributed by atoms with E-state index < -0.39 is 11.7 Å². The van der Waals surface area contributed by atoms with E-state index in [4.69, 9.17) is 4.74 Å². The third-order valence-corrected chi connectivity index (χ3v) is 4.87. The Morgan fingerprint density at radius 1 is 0.935 bits per heavy atom. The van der Waals surface area contributed by atoms with Gasteiger partial charge in [-0.25, -0.2) is 4.98 Å². The lowest BCUT2D eigenvalue weighted by molar-refractivity contribution is -0.137. The first-order valence-electron chi connectivity index (χ1n) is 10.1. The molecule has 0 aliphatic carbocycles. The van der Waals surface area contributed by atoms with E-state index in [1.165, 1.54) is 0 Å². The maximum Gasteiger partial charge on any atom is 0.421 e. The fraction of sp³-hybridized carbons (Fsp3) is 0.304. The Bertz CT molecular complexity index is 989. The number of aromatic nitrogens is 2. The average molecular weight is 430 g/mol. The minimum atomic E-state index is -4.59. The van der Waals surface area contributed by atoms with Crippen molar-refractivity contribution in [2.24, 2.45) is 0 Å². The maximum atomic E-state index is 13.5. The SMILES string of the molecule is CCOc1ccc(Nc2ncc(C(F)(F)F)c(Nc3ccc(C(C)CC)cc3)n2)cc1. The molecule has 8 heteroatoms. The highest BCUT2D eigenvalue weighted by Gasteiger charge is 2.35. The molecule has 0 saturated heterocycles. The Balaban J connectivity index is 1.85. The van der Waals surface area contributed by atoms with E-state index >= 15 is 0 Å². The van der Waals surface area contributed by atoms with E-state index in [9.17, 15) is 13.2 Å². The van der Waals surface area contributed by atoms with Gasteiger partial charge in [-0.3, -0.25) is 0 Å². The van der Waals surface area contributed by atoms with Gasteiger partial charge in [-0.2, -0.15) is 18.2 Å². The summed E-state index contributed by atoms with van der Waals surface area (Å²) < 4.78 is 45.9. The molecule has 1 heterocycles. The number of alkyl halides is 3. The van der Waals surface area contributed by atoms with E-state index in [2.05, 4.69) is 34.4 Å². The topological polar surface area (TPSA) is 59.1 Å². The lowest BCUT2D eigenvalue weighted by atomic mass is 9.99. The smallest absolute Gasteiger partial charge is 0.421 e. The third kappa shape index (κ3) is 5.87. The summed E-state index contributed by atoms with van der Waals surface area (Å²) in [6.45, 7) is 6.62. The number of rotatable bonds is 8. The molecule has 0 radical (unpaired) electrons. The maximum absolute atomic E-state index is 13.5.